The van der Waals surface area contributed by atoms with Gasteiger partial charge in [-0.1, -0.05) is 43.5 Å². The van der Waals surface area contributed by atoms with Crippen LogP contribution >= 0.6 is 0 Å². The minimum atomic E-state index is -1.08. The molecule has 1 heterocycles. The van der Waals surface area contributed by atoms with Crippen LogP contribution in [0, 0.1) is 5.82 Å². The zero-order valence-electron chi connectivity index (χ0n) is 14.4. The van der Waals surface area contributed by atoms with E-state index in [9.17, 15) is 14.3 Å². The molecule has 1 aromatic heterocycles. The van der Waals surface area contributed by atoms with E-state index in [-0.39, 0.29) is 5.56 Å². The highest BCUT2D eigenvalue weighted by Crippen LogP contribution is 2.34. The van der Waals surface area contributed by atoms with Crippen LogP contribution in [-0.4, -0.2) is 16.1 Å². The molecule has 4 rings (SSSR count). The summed E-state index contributed by atoms with van der Waals surface area (Å²) in [5.74, 6) is -0.922. The van der Waals surface area contributed by atoms with Gasteiger partial charge in [-0.3, -0.25) is 0 Å². The molecular formula is C22H20FNO2. The summed E-state index contributed by atoms with van der Waals surface area (Å²) < 4.78 is 13.5. The van der Waals surface area contributed by atoms with E-state index >= 15 is 0 Å². The van der Waals surface area contributed by atoms with Crippen LogP contribution in [0.25, 0.3) is 22.2 Å². The Balaban J connectivity index is 1.74. The Morgan fingerprint density at radius 3 is 2.42 bits per heavy atom. The van der Waals surface area contributed by atoms with E-state index < -0.39 is 11.8 Å². The smallest absolute Gasteiger partial charge is 0.336 e. The fourth-order valence-corrected chi connectivity index (χ4v) is 3.88. The normalized spacial score (nSPS) is 15.3. The molecule has 0 atom stereocenters. The number of carboxylic acid groups (broad SMARTS) is 1. The molecule has 1 fully saturated rings. The Morgan fingerprint density at radius 2 is 1.73 bits per heavy atom. The molecule has 0 bridgehead atoms. The molecule has 1 aliphatic rings. The van der Waals surface area contributed by atoms with Gasteiger partial charge in [0.2, 0.25) is 0 Å². The van der Waals surface area contributed by atoms with Gasteiger partial charge in [0, 0.05) is 10.9 Å². The second kappa shape index (κ2) is 6.87. The zero-order valence-corrected chi connectivity index (χ0v) is 14.4. The SMILES string of the molecule is O=C(O)c1cc(-c2ccc(C3CCCCC3)cc2)nc2ccc(F)cc12. The van der Waals surface area contributed by atoms with Crippen LogP contribution in [-0.2, 0) is 0 Å². The van der Waals surface area contributed by atoms with Crippen molar-refractivity contribution in [1.29, 1.82) is 0 Å². The Kier molecular flexibility index (Phi) is 4.41. The molecular weight excluding hydrogens is 329 g/mol. The van der Waals surface area contributed by atoms with Crippen molar-refractivity contribution >= 4 is 16.9 Å². The first-order valence-corrected chi connectivity index (χ1v) is 9.06. The number of pyridine rings is 1. The highest BCUT2D eigenvalue weighted by molar-refractivity contribution is 6.03. The number of nitrogens with zero attached hydrogens (tertiary/aromatic N) is 1. The van der Waals surface area contributed by atoms with E-state index in [1.807, 2.05) is 12.1 Å². The summed E-state index contributed by atoms with van der Waals surface area (Å²) in [6, 6.07) is 13.8. The van der Waals surface area contributed by atoms with Crippen molar-refractivity contribution < 1.29 is 14.3 Å². The van der Waals surface area contributed by atoms with Gasteiger partial charge in [0.25, 0.3) is 0 Å². The first-order valence-electron chi connectivity index (χ1n) is 9.06. The van der Waals surface area contributed by atoms with Crippen molar-refractivity contribution in [2.24, 2.45) is 0 Å². The summed E-state index contributed by atoms with van der Waals surface area (Å²) in [5.41, 5.74) is 3.36. The van der Waals surface area contributed by atoms with Crippen molar-refractivity contribution in [3.63, 3.8) is 0 Å². The molecule has 3 aromatic rings. The fourth-order valence-electron chi connectivity index (χ4n) is 3.88. The maximum absolute atomic E-state index is 13.5. The molecule has 26 heavy (non-hydrogen) atoms. The van der Waals surface area contributed by atoms with Crippen LogP contribution in [0.1, 0.15) is 53.9 Å². The first kappa shape index (κ1) is 16.7. The molecule has 0 spiro atoms. The van der Waals surface area contributed by atoms with E-state index in [4.69, 9.17) is 0 Å². The number of rotatable bonds is 3. The van der Waals surface area contributed by atoms with Crippen molar-refractivity contribution in [2.75, 3.05) is 0 Å². The molecule has 0 radical (unpaired) electrons. The summed E-state index contributed by atoms with van der Waals surface area (Å²) in [6.45, 7) is 0. The number of hydrogen-bond donors (Lipinski definition) is 1. The molecule has 0 saturated heterocycles. The standard InChI is InChI=1S/C22H20FNO2/c23-17-10-11-20-18(12-17)19(22(25)26)13-21(24-20)16-8-6-15(7-9-16)14-4-2-1-3-5-14/h6-14H,1-5H2,(H,25,26). The largest absolute Gasteiger partial charge is 0.478 e. The Labute approximate surface area is 151 Å². The summed E-state index contributed by atoms with van der Waals surface area (Å²) >= 11 is 0. The van der Waals surface area contributed by atoms with E-state index in [1.54, 1.807) is 0 Å². The minimum Gasteiger partial charge on any atom is -0.478 e. The highest BCUT2D eigenvalue weighted by Gasteiger charge is 2.17. The highest BCUT2D eigenvalue weighted by atomic mass is 19.1. The van der Waals surface area contributed by atoms with Crippen LogP contribution in [0.4, 0.5) is 4.39 Å². The quantitative estimate of drug-likeness (QED) is 0.651. The minimum absolute atomic E-state index is 0.0702. The third-order valence-corrected chi connectivity index (χ3v) is 5.28. The number of fused-ring (bicyclic) bond motifs is 1. The van der Waals surface area contributed by atoms with Gasteiger partial charge >= 0.3 is 5.97 Å². The topological polar surface area (TPSA) is 50.2 Å². The maximum Gasteiger partial charge on any atom is 0.336 e. The molecule has 4 heteroatoms. The lowest BCUT2D eigenvalue weighted by molar-refractivity contribution is 0.0699. The lowest BCUT2D eigenvalue weighted by Gasteiger charge is -2.22. The number of benzene rings is 2. The Bertz CT molecular complexity index is 960. The zero-order chi connectivity index (χ0) is 18.1. The van der Waals surface area contributed by atoms with Gasteiger partial charge < -0.3 is 5.11 Å². The van der Waals surface area contributed by atoms with Crippen LogP contribution in [0.3, 0.4) is 0 Å². The molecule has 2 aromatic carbocycles. The Morgan fingerprint density at radius 1 is 1.00 bits per heavy atom. The third-order valence-electron chi connectivity index (χ3n) is 5.28. The Hall–Kier alpha value is -2.75. The third kappa shape index (κ3) is 3.19. The molecule has 3 nitrogen and oxygen atoms in total. The summed E-state index contributed by atoms with van der Waals surface area (Å²) in [5, 5.41) is 9.83. The predicted octanol–water partition coefficient (Wildman–Crippen LogP) is 5.79. The first-order chi connectivity index (χ1) is 12.6. The molecule has 1 N–H and O–H groups in total. The summed E-state index contributed by atoms with van der Waals surface area (Å²) in [6.07, 6.45) is 6.38. The van der Waals surface area contributed by atoms with Gasteiger partial charge in [-0.25, -0.2) is 14.2 Å². The van der Waals surface area contributed by atoms with Gasteiger partial charge in [0.15, 0.2) is 0 Å². The molecule has 0 unspecified atom stereocenters. The lowest BCUT2D eigenvalue weighted by atomic mass is 9.84. The van der Waals surface area contributed by atoms with Crippen molar-refractivity contribution in [2.45, 2.75) is 38.0 Å². The van der Waals surface area contributed by atoms with E-state index in [1.165, 1.54) is 61.9 Å². The van der Waals surface area contributed by atoms with Crippen LogP contribution < -0.4 is 0 Å². The number of aromatic nitrogens is 1. The number of aromatic carboxylic acids is 1. The number of carboxylic acids is 1. The van der Waals surface area contributed by atoms with Crippen molar-refractivity contribution in [3.05, 3.63) is 65.5 Å². The summed E-state index contributed by atoms with van der Waals surface area (Å²) in [7, 11) is 0. The molecule has 1 aliphatic carbocycles. The van der Waals surface area contributed by atoms with Gasteiger partial charge in [-0.2, -0.15) is 0 Å². The summed E-state index contributed by atoms with van der Waals surface area (Å²) in [4.78, 5) is 16.2. The molecule has 1 saturated carbocycles. The van der Waals surface area contributed by atoms with Gasteiger partial charge in [0.1, 0.15) is 5.82 Å². The predicted molar refractivity (Wildman–Crippen MR) is 99.9 cm³/mol. The molecule has 132 valence electrons. The second-order valence-corrected chi connectivity index (χ2v) is 6.98. The van der Waals surface area contributed by atoms with Crippen LogP contribution in [0.2, 0.25) is 0 Å². The molecule has 0 amide bonds. The number of hydrogen-bond acceptors (Lipinski definition) is 2. The average molecular weight is 349 g/mol. The fraction of sp³-hybridized carbons (Fsp3) is 0.273. The number of halogens is 1. The van der Waals surface area contributed by atoms with Gasteiger partial charge in [0.05, 0.1) is 16.8 Å². The molecule has 0 aliphatic heterocycles. The monoisotopic (exact) mass is 349 g/mol. The van der Waals surface area contributed by atoms with Gasteiger partial charge in [-0.15, -0.1) is 0 Å². The van der Waals surface area contributed by atoms with Crippen LogP contribution in [0.5, 0.6) is 0 Å². The number of carbonyl (C=O) groups is 1. The van der Waals surface area contributed by atoms with Crippen LogP contribution in [0.15, 0.2) is 48.5 Å². The van der Waals surface area contributed by atoms with E-state index in [2.05, 4.69) is 17.1 Å². The van der Waals surface area contributed by atoms with E-state index in [0.29, 0.717) is 22.5 Å². The average Bonchev–Trinajstić information content (AvgIpc) is 2.68. The van der Waals surface area contributed by atoms with Crippen molar-refractivity contribution in [1.82, 2.24) is 4.98 Å². The maximum atomic E-state index is 13.5. The van der Waals surface area contributed by atoms with E-state index in [0.717, 1.165) is 5.56 Å². The van der Waals surface area contributed by atoms with Crippen molar-refractivity contribution in [3.8, 4) is 11.3 Å². The second-order valence-electron chi connectivity index (χ2n) is 6.98. The lowest BCUT2D eigenvalue weighted by Crippen LogP contribution is -2.04. The van der Waals surface area contributed by atoms with Gasteiger partial charge in [-0.05, 0) is 48.6 Å².